The molecule has 0 saturated carbocycles. The second-order valence-corrected chi connectivity index (χ2v) is 4.44. The SMILES string of the molecule is Cc1cccc(CNCc2ccc(C(N)=O)cc2)n1. The number of carbonyl (C=O) groups is 1. The lowest BCUT2D eigenvalue weighted by molar-refractivity contribution is 0.100. The van der Waals surface area contributed by atoms with Gasteiger partial charge in [0.25, 0.3) is 0 Å². The number of nitrogens with one attached hydrogen (secondary N) is 1. The normalized spacial score (nSPS) is 10.4. The van der Waals surface area contributed by atoms with Crippen molar-refractivity contribution in [2.45, 2.75) is 20.0 Å². The molecule has 2 aromatic rings. The molecule has 98 valence electrons. The van der Waals surface area contributed by atoms with E-state index in [2.05, 4.69) is 10.3 Å². The number of nitrogens with zero attached hydrogens (tertiary/aromatic N) is 1. The van der Waals surface area contributed by atoms with E-state index in [1.54, 1.807) is 12.1 Å². The van der Waals surface area contributed by atoms with E-state index in [1.165, 1.54) is 0 Å². The summed E-state index contributed by atoms with van der Waals surface area (Å²) < 4.78 is 0. The third-order valence-corrected chi connectivity index (χ3v) is 2.82. The summed E-state index contributed by atoms with van der Waals surface area (Å²) in [6.07, 6.45) is 0. The minimum absolute atomic E-state index is 0.400. The van der Waals surface area contributed by atoms with Gasteiger partial charge in [-0.25, -0.2) is 0 Å². The lowest BCUT2D eigenvalue weighted by atomic mass is 10.1. The van der Waals surface area contributed by atoms with Crippen LogP contribution in [-0.4, -0.2) is 10.9 Å². The maximum absolute atomic E-state index is 10.9. The van der Waals surface area contributed by atoms with Crippen molar-refractivity contribution in [3.63, 3.8) is 0 Å². The van der Waals surface area contributed by atoms with Crippen LogP contribution in [0.4, 0.5) is 0 Å². The molecule has 4 nitrogen and oxygen atoms in total. The molecule has 0 spiro atoms. The summed E-state index contributed by atoms with van der Waals surface area (Å²) in [5.41, 5.74) is 8.87. The fraction of sp³-hybridized carbons (Fsp3) is 0.200. The molecule has 2 rings (SSSR count). The third-order valence-electron chi connectivity index (χ3n) is 2.82. The molecule has 3 N–H and O–H groups in total. The Morgan fingerprint density at radius 3 is 2.53 bits per heavy atom. The molecule has 0 aliphatic carbocycles. The van der Waals surface area contributed by atoms with Gasteiger partial charge in [0.05, 0.1) is 5.69 Å². The number of aromatic nitrogens is 1. The van der Waals surface area contributed by atoms with E-state index in [0.717, 1.165) is 30.0 Å². The van der Waals surface area contributed by atoms with Gasteiger partial charge in [-0.05, 0) is 36.8 Å². The molecule has 1 amide bonds. The summed E-state index contributed by atoms with van der Waals surface area (Å²) in [5.74, 6) is -0.400. The molecule has 19 heavy (non-hydrogen) atoms. The quantitative estimate of drug-likeness (QED) is 0.855. The third kappa shape index (κ3) is 3.89. The monoisotopic (exact) mass is 255 g/mol. The van der Waals surface area contributed by atoms with Crippen molar-refractivity contribution in [1.29, 1.82) is 0 Å². The van der Waals surface area contributed by atoms with Crippen LogP contribution in [-0.2, 0) is 13.1 Å². The molecular weight excluding hydrogens is 238 g/mol. The van der Waals surface area contributed by atoms with Crippen molar-refractivity contribution >= 4 is 5.91 Å². The number of carbonyl (C=O) groups excluding carboxylic acids is 1. The lowest BCUT2D eigenvalue weighted by Gasteiger charge is -2.05. The van der Waals surface area contributed by atoms with Gasteiger partial charge in [-0.1, -0.05) is 18.2 Å². The van der Waals surface area contributed by atoms with E-state index in [1.807, 2.05) is 37.3 Å². The smallest absolute Gasteiger partial charge is 0.248 e. The number of primary amides is 1. The standard InChI is InChI=1S/C15H17N3O/c1-11-3-2-4-14(18-11)10-17-9-12-5-7-13(8-6-12)15(16)19/h2-8,17H,9-10H2,1H3,(H2,16,19). The van der Waals surface area contributed by atoms with Crippen LogP contribution in [0.25, 0.3) is 0 Å². The van der Waals surface area contributed by atoms with Gasteiger partial charge in [0, 0.05) is 24.3 Å². The van der Waals surface area contributed by atoms with Crippen molar-refractivity contribution in [1.82, 2.24) is 10.3 Å². The minimum atomic E-state index is -0.400. The van der Waals surface area contributed by atoms with E-state index in [-0.39, 0.29) is 0 Å². The predicted octanol–water partition coefficient (Wildman–Crippen LogP) is 1.78. The average molecular weight is 255 g/mol. The zero-order valence-electron chi connectivity index (χ0n) is 10.9. The Balaban J connectivity index is 1.87. The highest BCUT2D eigenvalue weighted by Crippen LogP contribution is 2.04. The van der Waals surface area contributed by atoms with Crippen LogP contribution in [0.15, 0.2) is 42.5 Å². The molecule has 1 aromatic carbocycles. The predicted molar refractivity (Wildman–Crippen MR) is 74.5 cm³/mol. The van der Waals surface area contributed by atoms with Crippen molar-refractivity contribution in [2.24, 2.45) is 5.73 Å². The van der Waals surface area contributed by atoms with Crippen LogP contribution in [0.2, 0.25) is 0 Å². The second kappa shape index (κ2) is 6.11. The highest BCUT2D eigenvalue weighted by atomic mass is 16.1. The first kappa shape index (κ1) is 13.2. The first-order valence-corrected chi connectivity index (χ1v) is 6.17. The van der Waals surface area contributed by atoms with Gasteiger partial charge < -0.3 is 11.1 Å². The molecule has 4 heteroatoms. The first-order chi connectivity index (χ1) is 9.15. The fourth-order valence-corrected chi connectivity index (χ4v) is 1.82. The van der Waals surface area contributed by atoms with Crippen LogP contribution in [0.3, 0.4) is 0 Å². The van der Waals surface area contributed by atoms with E-state index < -0.39 is 5.91 Å². The molecule has 0 radical (unpaired) electrons. The Hall–Kier alpha value is -2.20. The Morgan fingerprint density at radius 2 is 1.89 bits per heavy atom. The molecule has 0 fully saturated rings. The number of aryl methyl sites for hydroxylation is 1. The number of hydrogen-bond acceptors (Lipinski definition) is 3. The fourth-order valence-electron chi connectivity index (χ4n) is 1.82. The van der Waals surface area contributed by atoms with Crippen LogP contribution in [0, 0.1) is 6.92 Å². The van der Waals surface area contributed by atoms with Crippen molar-refractivity contribution < 1.29 is 4.79 Å². The molecule has 1 aromatic heterocycles. The number of benzene rings is 1. The molecule has 0 unspecified atom stereocenters. The lowest BCUT2D eigenvalue weighted by Crippen LogP contribution is -2.14. The summed E-state index contributed by atoms with van der Waals surface area (Å²) >= 11 is 0. The van der Waals surface area contributed by atoms with Crippen molar-refractivity contribution in [3.8, 4) is 0 Å². The Morgan fingerprint density at radius 1 is 1.16 bits per heavy atom. The molecular formula is C15H17N3O. The van der Waals surface area contributed by atoms with Gasteiger partial charge in [-0.2, -0.15) is 0 Å². The van der Waals surface area contributed by atoms with E-state index in [9.17, 15) is 4.79 Å². The van der Waals surface area contributed by atoms with Crippen molar-refractivity contribution in [2.75, 3.05) is 0 Å². The number of nitrogens with two attached hydrogens (primary N) is 1. The summed E-state index contributed by atoms with van der Waals surface area (Å²) in [6.45, 7) is 3.43. The largest absolute Gasteiger partial charge is 0.366 e. The number of amides is 1. The van der Waals surface area contributed by atoms with Crippen LogP contribution >= 0.6 is 0 Å². The zero-order chi connectivity index (χ0) is 13.7. The van der Waals surface area contributed by atoms with Gasteiger partial charge in [-0.3, -0.25) is 9.78 Å². The Labute approximate surface area is 112 Å². The molecule has 0 aliphatic rings. The highest BCUT2D eigenvalue weighted by molar-refractivity contribution is 5.92. The maximum atomic E-state index is 10.9. The minimum Gasteiger partial charge on any atom is -0.366 e. The Kier molecular flexibility index (Phi) is 4.26. The number of pyridine rings is 1. The van der Waals surface area contributed by atoms with E-state index >= 15 is 0 Å². The molecule has 0 saturated heterocycles. The van der Waals surface area contributed by atoms with E-state index in [4.69, 9.17) is 5.73 Å². The molecule has 0 aliphatic heterocycles. The van der Waals surface area contributed by atoms with Gasteiger partial charge in [0.1, 0.15) is 0 Å². The summed E-state index contributed by atoms with van der Waals surface area (Å²) in [4.78, 5) is 15.4. The van der Waals surface area contributed by atoms with Crippen molar-refractivity contribution in [3.05, 3.63) is 65.0 Å². The average Bonchev–Trinajstić information content (AvgIpc) is 2.39. The molecule has 0 atom stereocenters. The molecule has 0 bridgehead atoms. The topological polar surface area (TPSA) is 68.0 Å². The number of hydrogen-bond donors (Lipinski definition) is 2. The van der Waals surface area contributed by atoms with Gasteiger partial charge >= 0.3 is 0 Å². The van der Waals surface area contributed by atoms with Gasteiger partial charge in [-0.15, -0.1) is 0 Å². The van der Waals surface area contributed by atoms with Crippen LogP contribution in [0.5, 0.6) is 0 Å². The van der Waals surface area contributed by atoms with Gasteiger partial charge in [0.15, 0.2) is 0 Å². The maximum Gasteiger partial charge on any atom is 0.248 e. The van der Waals surface area contributed by atoms with Crippen LogP contribution in [0.1, 0.15) is 27.3 Å². The zero-order valence-corrected chi connectivity index (χ0v) is 10.9. The van der Waals surface area contributed by atoms with Crippen LogP contribution < -0.4 is 11.1 Å². The first-order valence-electron chi connectivity index (χ1n) is 6.17. The highest BCUT2D eigenvalue weighted by Gasteiger charge is 2.00. The Bertz CT molecular complexity index is 564. The summed E-state index contributed by atoms with van der Waals surface area (Å²) in [6, 6.07) is 13.3. The number of rotatable bonds is 5. The summed E-state index contributed by atoms with van der Waals surface area (Å²) in [7, 11) is 0. The van der Waals surface area contributed by atoms with Gasteiger partial charge in [0.2, 0.25) is 5.91 Å². The second-order valence-electron chi connectivity index (χ2n) is 4.44. The van der Waals surface area contributed by atoms with E-state index in [0.29, 0.717) is 5.56 Å². The summed E-state index contributed by atoms with van der Waals surface area (Å²) in [5, 5.41) is 3.32. The molecule has 1 heterocycles.